The Labute approximate surface area is 202 Å². The molecule has 0 spiro atoms. The van der Waals surface area contributed by atoms with E-state index in [0.29, 0.717) is 16.4 Å². The lowest BCUT2D eigenvalue weighted by Crippen LogP contribution is -2.31. The number of carbonyl (C=O) groups is 3. The van der Waals surface area contributed by atoms with E-state index < -0.39 is 5.25 Å². The molecule has 168 valence electrons. The third kappa shape index (κ3) is 5.46. The summed E-state index contributed by atoms with van der Waals surface area (Å²) in [6.07, 6.45) is 0.413. The van der Waals surface area contributed by atoms with Crippen LogP contribution in [0.3, 0.4) is 0 Å². The first-order valence-corrected chi connectivity index (χ1v) is 11.8. The smallest absolute Gasteiger partial charge is 0.247 e. The maximum atomic E-state index is 12.9. The monoisotopic (exact) mass is 478 g/mol. The van der Waals surface area contributed by atoms with Gasteiger partial charge in [-0.2, -0.15) is 0 Å². The highest BCUT2D eigenvalue weighted by Crippen LogP contribution is 2.35. The minimum Gasteiger partial charge on any atom is -0.326 e. The molecule has 5 nitrogen and oxygen atoms in total. The van der Waals surface area contributed by atoms with Crippen molar-refractivity contribution in [2.45, 2.75) is 36.8 Å². The Hall–Kier alpha value is -3.09. The number of benzene rings is 3. The number of anilines is 2. The molecule has 1 aliphatic rings. The number of carbonyl (C=O) groups excluding carboxylic acids is 3. The van der Waals surface area contributed by atoms with Crippen molar-refractivity contribution in [3.05, 3.63) is 88.4 Å². The van der Waals surface area contributed by atoms with Gasteiger partial charge in [0.2, 0.25) is 17.7 Å². The van der Waals surface area contributed by atoms with Gasteiger partial charge in [0.05, 0.1) is 17.4 Å². The molecule has 0 aliphatic carbocycles. The van der Waals surface area contributed by atoms with E-state index in [0.717, 1.165) is 21.6 Å². The Kier molecular flexibility index (Phi) is 6.86. The zero-order valence-electron chi connectivity index (χ0n) is 18.3. The Morgan fingerprint density at radius 2 is 1.70 bits per heavy atom. The molecule has 1 fully saturated rings. The zero-order valence-corrected chi connectivity index (χ0v) is 19.9. The molecule has 0 saturated carbocycles. The largest absolute Gasteiger partial charge is 0.326 e. The number of amides is 3. The summed E-state index contributed by atoms with van der Waals surface area (Å²) in [6.45, 7) is 3.96. The second kappa shape index (κ2) is 9.81. The van der Waals surface area contributed by atoms with Crippen molar-refractivity contribution in [3.8, 4) is 0 Å². The summed E-state index contributed by atoms with van der Waals surface area (Å²) in [5, 5.41) is 3.03. The number of hydrogen-bond donors (Lipinski definition) is 1. The van der Waals surface area contributed by atoms with Crippen molar-refractivity contribution in [2.24, 2.45) is 0 Å². The van der Waals surface area contributed by atoms with Gasteiger partial charge in [-0.3, -0.25) is 14.4 Å². The number of thioether (sulfide) groups is 1. The molecule has 1 saturated heterocycles. The molecule has 1 N–H and O–H groups in total. The highest BCUT2D eigenvalue weighted by atomic mass is 35.5. The van der Waals surface area contributed by atoms with Crippen LogP contribution >= 0.6 is 23.4 Å². The molecule has 0 bridgehead atoms. The molecule has 33 heavy (non-hydrogen) atoms. The predicted molar refractivity (Wildman–Crippen MR) is 133 cm³/mol. The van der Waals surface area contributed by atoms with Gasteiger partial charge in [0, 0.05) is 22.0 Å². The first-order valence-electron chi connectivity index (χ1n) is 10.6. The van der Waals surface area contributed by atoms with Crippen LogP contribution in [0.15, 0.2) is 71.6 Å². The molecule has 1 aliphatic heterocycles. The fourth-order valence-corrected chi connectivity index (χ4v) is 4.79. The number of aryl methyl sites for hydroxylation is 2. The van der Waals surface area contributed by atoms with Gasteiger partial charge in [0.25, 0.3) is 0 Å². The normalized spacial score (nSPS) is 15.7. The molecule has 0 radical (unpaired) electrons. The SMILES string of the molecule is Cc1ccc(N2C(=O)C[C@@H](Sc3ccc(NC(=O)Cc4ccc(Cl)cc4)cc3)C2=O)cc1C. The van der Waals surface area contributed by atoms with Gasteiger partial charge >= 0.3 is 0 Å². The lowest BCUT2D eigenvalue weighted by atomic mass is 10.1. The van der Waals surface area contributed by atoms with Gasteiger partial charge in [0.15, 0.2) is 0 Å². The van der Waals surface area contributed by atoms with Gasteiger partial charge in [-0.05, 0) is 79.1 Å². The third-order valence-corrected chi connectivity index (χ3v) is 7.00. The van der Waals surface area contributed by atoms with Crippen LogP contribution in [-0.4, -0.2) is 23.0 Å². The molecule has 1 atom stereocenters. The van der Waals surface area contributed by atoms with Crippen LogP contribution in [0.1, 0.15) is 23.1 Å². The molecule has 3 amide bonds. The topological polar surface area (TPSA) is 66.5 Å². The minimum absolute atomic E-state index is 0.127. The summed E-state index contributed by atoms with van der Waals surface area (Å²) in [5.74, 6) is -0.515. The van der Waals surface area contributed by atoms with E-state index in [9.17, 15) is 14.4 Å². The fourth-order valence-electron chi connectivity index (χ4n) is 3.61. The maximum absolute atomic E-state index is 12.9. The lowest BCUT2D eigenvalue weighted by Gasteiger charge is -2.16. The molecule has 4 rings (SSSR count). The van der Waals surface area contributed by atoms with E-state index in [1.165, 1.54) is 16.7 Å². The zero-order chi connectivity index (χ0) is 23.5. The number of hydrogen-bond acceptors (Lipinski definition) is 4. The van der Waals surface area contributed by atoms with Crippen LogP contribution in [0.4, 0.5) is 11.4 Å². The Bertz CT molecular complexity index is 1210. The van der Waals surface area contributed by atoms with Crippen LogP contribution in [-0.2, 0) is 20.8 Å². The average molecular weight is 479 g/mol. The maximum Gasteiger partial charge on any atom is 0.247 e. The van der Waals surface area contributed by atoms with E-state index >= 15 is 0 Å². The fraction of sp³-hybridized carbons (Fsp3) is 0.192. The second-order valence-corrected chi connectivity index (χ2v) is 9.73. The molecule has 3 aromatic carbocycles. The van der Waals surface area contributed by atoms with Crippen LogP contribution in [0.2, 0.25) is 5.02 Å². The van der Waals surface area contributed by atoms with Crippen molar-refractivity contribution in [3.63, 3.8) is 0 Å². The molecule has 7 heteroatoms. The summed E-state index contributed by atoms with van der Waals surface area (Å²) in [6, 6.07) is 20.1. The molecule has 1 heterocycles. The molecule has 0 aromatic heterocycles. The summed E-state index contributed by atoms with van der Waals surface area (Å²) in [4.78, 5) is 39.9. The standard InChI is InChI=1S/C26H23ClN2O3S/c1-16-3-10-21(13-17(16)2)29-25(31)15-23(26(29)32)33-22-11-8-20(9-12-22)28-24(30)14-18-4-6-19(27)7-5-18/h3-13,23H,14-15H2,1-2H3,(H,28,30)/t23-/m1/s1. The summed E-state index contributed by atoms with van der Waals surface area (Å²) < 4.78 is 0. The summed E-state index contributed by atoms with van der Waals surface area (Å²) in [7, 11) is 0. The molecular weight excluding hydrogens is 456 g/mol. The van der Waals surface area contributed by atoms with E-state index in [1.54, 1.807) is 24.3 Å². The third-order valence-electron chi connectivity index (χ3n) is 5.55. The second-order valence-electron chi connectivity index (χ2n) is 8.02. The molecular formula is C26H23ClN2O3S. The Balaban J connectivity index is 1.37. The van der Waals surface area contributed by atoms with Gasteiger partial charge in [0.1, 0.15) is 0 Å². The number of nitrogens with zero attached hydrogens (tertiary/aromatic N) is 1. The van der Waals surface area contributed by atoms with Gasteiger partial charge in [-0.15, -0.1) is 11.8 Å². The van der Waals surface area contributed by atoms with E-state index in [1.807, 2.05) is 56.3 Å². The van der Waals surface area contributed by atoms with Crippen LogP contribution in [0.25, 0.3) is 0 Å². The van der Waals surface area contributed by atoms with Crippen LogP contribution in [0.5, 0.6) is 0 Å². The number of imide groups is 1. The predicted octanol–water partition coefficient (Wildman–Crippen LogP) is 5.56. The van der Waals surface area contributed by atoms with Gasteiger partial charge < -0.3 is 5.32 Å². The van der Waals surface area contributed by atoms with E-state index in [-0.39, 0.29) is 30.6 Å². The van der Waals surface area contributed by atoms with Crippen molar-refractivity contribution in [2.75, 3.05) is 10.2 Å². The molecule has 3 aromatic rings. The summed E-state index contributed by atoms with van der Waals surface area (Å²) >= 11 is 7.24. The first kappa shape index (κ1) is 23.1. The van der Waals surface area contributed by atoms with Crippen molar-refractivity contribution >= 4 is 52.5 Å². The quantitative estimate of drug-likeness (QED) is 0.471. The highest BCUT2D eigenvalue weighted by Gasteiger charge is 2.40. The van der Waals surface area contributed by atoms with Crippen molar-refractivity contribution in [1.29, 1.82) is 0 Å². The Morgan fingerprint density at radius 3 is 2.36 bits per heavy atom. The van der Waals surface area contributed by atoms with E-state index in [2.05, 4.69) is 5.32 Å². The lowest BCUT2D eigenvalue weighted by molar-refractivity contribution is -0.121. The summed E-state index contributed by atoms with van der Waals surface area (Å²) in [5.41, 5.74) is 4.32. The number of halogens is 1. The number of nitrogens with one attached hydrogen (secondary N) is 1. The first-order chi connectivity index (χ1) is 15.8. The van der Waals surface area contributed by atoms with Crippen LogP contribution in [0, 0.1) is 13.8 Å². The van der Waals surface area contributed by atoms with Gasteiger partial charge in [-0.25, -0.2) is 4.90 Å². The average Bonchev–Trinajstić information content (AvgIpc) is 3.06. The van der Waals surface area contributed by atoms with Crippen LogP contribution < -0.4 is 10.2 Å². The highest BCUT2D eigenvalue weighted by molar-refractivity contribution is 8.00. The Morgan fingerprint density at radius 1 is 1.00 bits per heavy atom. The molecule has 0 unspecified atom stereocenters. The number of rotatable bonds is 6. The van der Waals surface area contributed by atoms with Crippen molar-refractivity contribution in [1.82, 2.24) is 0 Å². The van der Waals surface area contributed by atoms with Gasteiger partial charge in [-0.1, -0.05) is 29.8 Å². The minimum atomic E-state index is -0.468. The van der Waals surface area contributed by atoms with Crippen molar-refractivity contribution < 1.29 is 14.4 Å². The van der Waals surface area contributed by atoms with E-state index in [4.69, 9.17) is 11.6 Å².